The van der Waals surface area contributed by atoms with Crippen LogP contribution in [0.15, 0.2) is 24.3 Å². The van der Waals surface area contributed by atoms with Gasteiger partial charge >= 0.3 is 12.1 Å². The van der Waals surface area contributed by atoms with E-state index in [4.69, 9.17) is 0 Å². The van der Waals surface area contributed by atoms with Crippen molar-refractivity contribution in [2.75, 3.05) is 13.1 Å². The van der Waals surface area contributed by atoms with E-state index in [1.54, 1.807) is 0 Å². The highest BCUT2D eigenvalue weighted by Crippen LogP contribution is 2.30. The van der Waals surface area contributed by atoms with Crippen molar-refractivity contribution in [3.63, 3.8) is 0 Å². The highest BCUT2D eigenvalue weighted by atomic mass is 19.4. The highest BCUT2D eigenvalue weighted by molar-refractivity contribution is 5.74. The van der Waals surface area contributed by atoms with Gasteiger partial charge in [0.15, 0.2) is 0 Å². The molecule has 3 nitrogen and oxygen atoms in total. The number of aliphatic carboxylic acids is 1. The first kappa shape index (κ1) is 19.5. The SMILES string of the molecule is CCC(CC)(CNCC(C)c1ccc(C(F)(F)F)cc1)C(=O)O. The lowest BCUT2D eigenvalue weighted by atomic mass is 9.82. The molecule has 1 atom stereocenters. The van der Waals surface area contributed by atoms with Crippen molar-refractivity contribution in [2.45, 2.75) is 45.7 Å². The molecule has 23 heavy (non-hydrogen) atoms. The number of carboxylic acid groups (broad SMARTS) is 1. The summed E-state index contributed by atoms with van der Waals surface area (Å²) in [6, 6.07) is 5.09. The molecule has 0 radical (unpaired) electrons. The topological polar surface area (TPSA) is 49.3 Å². The monoisotopic (exact) mass is 331 g/mol. The Labute approximate surface area is 134 Å². The first-order valence-corrected chi connectivity index (χ1v) is 7.77. The minimum absolute atomic E-state index is 0.00232. The van der Waals surface area contributed by atoms with E-state index >= 15 is 0 Å². The van der Waals surface area contributed by atoms with Gasteiger partial charge in [0, 0.05) is 13.1 Å². The fraction of sp³-hybridized carbons (Fsp3) is 0.588. The zero-order valence-corrected chi connectivity index (χ0v) is 13.7. The second-order valence-corrected chi connectivity index (χ2v) is 5.94. The van der Waals surface area contributed by atoms with Crippen LogP contribution in [0.2, 0.25) is 0 Å². The summed E-state index contributed by atoms with van der Waals surface area (Å²) in [5.74, 6) is -0.824. The van der Waals surface area contributed by atoms with E-state index in [9.17, 15) is 23.1 Å². The fourth-order valence-corrected chi connectivity index (χ4v) is 2.52. The Morgan fingerprint density at radius 3 is 2.09 bits per heavy atom. The molecule has 1 rings (SSSR count). The third-order valence-corrected chi connectivity index (χ3v) is 4.53. The summed E-state index contributed by atoms with van der Waals surface area (Å²) in [6.07, 6.45) is -3.27. The molecule has 2 N–H and O–H groups in total. The Hall–Kier alpha value is -1.56. The number of nitrogens with one attached hydrogen (secondary N) is 1. The molecular formula is C17H24F3NO2. The lowest BCUT2D eigenvalue weighted by Gasteiger charge is -2.27. The van der Waals surface area contributed by atoms with Crippen LogP contribution in [-0.4, -0.2) is 24.2 Å². The van der Waals surface area contributed by atoms with E-state index in [-0.39, 0.29) is 5.92 Å². The normalized spacial score (nSPS) is 13.8. The molecule has 0 saturated heterocycles. The van der Waals surface area contributed by atoms with Gasteiger partial charge in [-0.05, 0) is 36.5 Å². The van der Waals surface area contributed by atoms with E-state index < -0.39 is 23.1 Å². The number of alkyl halides is 3. The Balaban J connectivity index is 2.63. The van der Waals surface area contributed by atoms with E-state index in [0.29, 0.717) is 25.9 Å². The largest absolute Gasteiger partial charge is 0.481 e. The van der Waals surface area contributed by atoms with Gasteiger partial charge in [0.2, 0.25) is 0 Å². The number of rotatable bonds is 8. The van der Waals surface area contributed by atoms with Gasteiger partial charge in [-0.1, -0.05) is 32.9 Å². The fourth-order valence-electron chi connectivity index (χ4n) is 2.52. The number of halogens is 3. The first-order valence-electron chi connectivity index (χ1n) is 7.77. The van der Waals surface area contributed by atoms with E-state index in [1.807, 2.05) is 20.8 Å². The summed E-state index contributed by atoms with van der Waals surface area (Å²) < 4.78 is 37.6. The van der Waals surface area contributed by atoms with Crippen LogP contribution in [0.1, 0.15) is 50.7 Å². The zero-order chi connectivity index (χ0) is 17.7. The van der Waals surface area contributed by atoms with Gasteiger partial charge in [0.05, 0.1) is 11.0 Å². The van der Waals surface area contributed by atoms with Crippen LogP contribution in [-0.2, 0) is 11.0 Å². The van der Waals surface area contributed by atoms with Crippen molar-refractivity contribution in [1.29, 1.82) is 0 Å². The predicted octanol–water partition coefficient (Wildman–Crippen LogP) is 4.29. The zero-order valence-electron chi connectivity index (χ0n) is 13.7. The van der Waals surface area contributed by atoms with Crippen molar-refractivity contribution in [3.05, 3.63) is 35.4 Å². The van der Waals surface area contributed by atoms with Crippen LogP contribution in [0, 0.1) is 5.41 Å². The van der Waals surface area contributed by atoms with Crippen molar-refractivity contribution in [1.82, 2.24) is 5.32 Å². The average Bonchev–Trinajstić information content (AvgIpc) is 2.50. The van der Waals surface area contributed by atoms with Crippen molar-refractivity contribution in [3.8, 4) is 0 Å². The quantitative estimate of drug-likeness (QED) is 0.747. The molecule has 6 heteroatoms. The van der Waals surface area contributed by atoms with Gasteiger partial charge in [0.1, 0.15) is 0 Å². The summed E-state index contributed by atoms with van der Waals surface area (Å²) in [6.45, 7) is 6.45. The van der Waals surface area contributed by atoms with Gasteiger partial charge in [0.25, 0.3) is 0 Å². The molecule has 0 amide bonds. The minimum Gasteiger partial charge on any atom is -0.481 e. The third kappa shape index (κ3) is 4.96. The Bertz CT molecular complexity index is 508. The van der Waals surface area contributed by atoms with E-state index in [0.717, 1.165) is 17.7 Å². The lowest BCUT2D eigenvalue weighted by molar-refractivity contribution is -0.149. The van der Waals surface area contributed by atoms with Gasteiger partial charge in [-0.25, -0.2) is 0 Å². The molecule has 0 fully saturated rings. The maximum atomic E-state index is 12.5. The standard InChI is InChI=1S/C17H24F3NO2/c1-4-16(5-2,15(22)23)11-21-10-12(3)13-6-8-14(9-7-13)17(18,19)20/h6-9,12,21H,4-5,10-11H2,1-3H3,(H,22,23). The minimum atomic E-state index is -4.33. The maximum Gasteiger partial charge on any atom is 0.416 e. The van der Waals surface area contributed by atoms with Crippen LogP contribution in [0.5, 0.6) is 0 Å². The average molecular weight is 331 g/mol. The molecule has 0 aliphatic heterocycles. The van der Waals surface area contributed by atoms with Crippen molar-refractivity contribution < 1.29 is 23.1 Å². The van der Waals surface area contributed by atoms with Crippen LogP contribution in [0.3, 0.4) is 0 Å². The van der Waals surface area contributed by atoms with Crippen LogP contribution in [0.4, 0.5) is 13.2 Å². The maximum absolute atomic E-state index is 12.5. The molecule has 0 saturated carbocycles. The van der Waals surface area contributed by atoms with E-state index in [2.05, 4.69) is 5.32 Å². The Morgan fingerprint density at radius 2 is 1.70 bits per heavy atom. The Kier molecular flexibility index (Phi) is 6.62. The molecule has 130 valence electrons. The molecule has 0 bridgehead atoms. The summed E-state index contributed by atoms with van der Waals surface area (Å²) in [7, 11) is 0. The van der Waals surface area contributed by atoms with Crippen molar-refractivity contribution in [2.24, 2.45) is 5.41 Å². The van der Waals surface area contributed by atoms with Gasteiger partial charge in [-0.15, -0.1) is 0 Å². The molecule has 0 aliphatic carbocycles. The molecule has 0 spiro atoms. The van der Waals surface area contributed by atoms with Crippen molar-refractivity contribution >= 4 is 5.97 Å². The van der Waals surface area contributed by atoms with Gasteiger partial charge in [-0.3, -0.25) is 4.79 Å². The molecule has 1 aromatic rings. The van der Waals surface area contributed by atoms with E-state index in [1.165, 1.54) is 12.1 Å². The lowest BCUT2D eigenvalue weighted by Crippen LogP contribution is -2.41. The number of carboxylic acids is 1. The molecule has 1 unspecified atom stereocenters. The summed E-state index contributed by atoms with van der Waals surface area (Å²) in [5.41, 5.74) is -0.664. The first-order chi connectivity index (χ1) is 10.7. The molecule has 1 aromatic carbocycles. The number of hydrogen-bond acceptors (Lipinski definition) is 2. The van der Waals surface area contributed by atoms with Gasteiger partial charge < -0.3 is 10.4 Å². The van der Waals surface area contributed by atoms with Crippen LogP contribution in [0.25, 0.3) is 0 Å². The Morgan fingerprint density at radius 1 is 1.17 bits per heavy atom. The van der Waals surface area contributed by atoms with Gasteiger partial charge in [-0.2, -0.15) is 13.2 Å². The second-order valence-electron chi connectivity index (χ2n) is 5.94. The smallest absolute Gasteiger partial charge is 0.416 e. The summed E-state index contributed by atoms with van der Waals surface area (Å²) in [5, 5.41) is 12.5. The molecule has 0 aromatic heterocycles. The molecule has 0 heterocycles. The molecule has 0 aliphatic rings. The number of carbonyl (C=O) groups is 1. The predicted molar refractivity (Wildman–Crippen MR) is 83.4 cm³/mol. The number of benzene rings is 1. The summed E-state index contributed by atoms with van der Waals surface area (Å²) >= 11 is 0. The molecular weight excluding hydrogens is 307 g/mol. The third-order valence-electron chi connectivity index (χ3n) is 4.53. The number of hydrogen-bond donors (Lipinski definition) is 2. The van der Waals surface area contributed by atoms with Crippen LogP contribution >= 0.6 is 0 Å². The summed E-state index contributed by atoms with van der Waals surface area (Å²) in [4.78, 5) is 11.4. The van der Waals surface area contributed by atoms with Crippen LogP contribution < -0.4 is 5.32 Å². The highest BCUT2D eigenvalue weighted by Gasteiger charge is 2.34. The second kappa shape index (κ2) is 7.81.